The molecule has 0 aliphatic heterocycles. The van der Waals surface area contributed by atoms with Crippen LogP contribution in [0.4, 0.5) is 4.39 Å². The van der Waals surface area contributed by atoms with Crippen molar-refractivity contribution in [1.29, 1.82) is 0 Å². The fraction of sp³-hybridized carbons (Fsp3) is 0.167. The van der Waals surface area contributed by atoms with Gasteiger partial charge >= 0.3 is 0 Å². The average Bonchev–Trinajstić information content (AvgIpc) is 2.33. The summed E-state index contributed by atoms with van der Waals surface area (Å²) >= 11 is 1.16. The Bertz CT molecular complexity index is 505. The molecule has 0 amide bonds. The lowest BCUT2D eigenvalue weighted by molar-refractivity contribution is 0.195. The van der Waals surface area contributed by atoms with E-state index in [0.29, 0.717) is 15.5 Å². The molecule has 0 bridgehead atoms. The van der Waals surface area contributed by atoms with Crippen molar-refractivity contribution < 1.29 is 9.50 Å². The number of nitrogens with zero attached hydrogens (tertiary/aromatic N) is 2. The largest absolute Gasteiger partial charge is 0.389 e. The van der Waals surface area contributed by atoms with E-state index in [-0.39, 0.29) is 5.82 Å². The van der Waals surface area contributed by atoms with Crippen molar-refractivity contribution in [2.75, 3.05) is 0 Å². The second-order valence-electron chi connectivity index (χ2n) is 3.48. The topological polar surface area (TPSA) is 46.0 Å². The van der Waals surface area contributed by atoms with Crippen LogP contribution in [0.3, 0.4) is 0 Å². The zero-order chi connectivity index (χ0) is 12.3. The second-order valence-corrected chi connectivity index (χ2v) is 4.51. The summed E-state index contributed by atoms with van der Waals surface area (Å²) in [7, 11) is 0. The molecule has 1 aromatic heterocycles. The number of aliphatic hydroxyl groups is 1. The van der Waals surface area contributed by atoms with Gasteiger partial charge in [0.15, 0.2) is 0 Å². The number of hydrogen-bond acceptors (Lipinski definition) is 4. The van der Waals surface area contributed by atoms with Gasteiger partial charge in [0.25, 0.3) is 0 Å². The lowest BCUT2D eigenvalue weighted by Crippen LogP contribution is -1.97. The molecule has 2 rings (SSSR count). The normalized spacial score (nSPS) is 12.4. The summed E-state index contributed by atoms with van der Waals surface area (Å²) in [5.74, 6) is -0.362. The van der Waals surface area contributed by atoms with Gasteiger partial charge in [-0.25, -0.2) is 9.37 Å². The quantitative estimate of drug-likeness (QED) is 0.909. The summed E-state index contributed by atoms with van der Waals surface area (Å²) in [5.41, 5.74) is 0.556. The summed E-state index contributed by atoms with van der Waals surface area (Å²) in [4.78, 5) is 8.38. The highest BCUT2D eigenvalue weighted by atomic mass is 32.2. The molecule has 3 nitrogen and oxygen atoms in total. The molecule has 0 radical (unpaired) electrons. The van der Waals surface area contributed by atoms with Crippen molar-refractivity contribution in [3.63, 3.8) is 0 Å². The van der Waals surface area contributed by atoms with Crippen LogP contribution in [0.2, 0.25) is 0 Å². The molecule has 1 atom stereocenters. The average molecular weight is 250 g/mol. The van der Waals surface area contributed by atoms with Crippen molar-refractivity contribution >= 4 is 11.8 Å². The Balaban J connectivity index is 2.38. The minimum atomic E-state index is -0.718. The van der Waals surface area contributed by atoms with E-state index in [0.717, 1.165) is 11.8 Å². The van der Waals surface area contributed by atoms with E-state index in [9.17, 15) is 9.50 Å². The predicted molar refractivity (Wildman–Crippen MR) is 63.2 cm³/mol. The maximum absolute atomic E-state index is 13.7. The molecular weight excluding hydrogens is 239 g/mol. The highest BCUT2D eigenvalue weighted by Crippen LogP contribution is 2.33. The maximum Gasteiger partial charge on any atom is 0.137 e. The van der Waals surface area contributed by atoms with Crippen LogP contribution >= 0.6 is 11.8 Å². The molecule has 1 N–H and O–H groups in total. The second kappa shape index (κ2) is 5.25. The van der Waals surface area contributed by atoms with Crippen molar-refractivity contribution in [3.05, 3.63) is 48.2 Å². The molecule has 0 unspecified atom stereocenters. The van der Waals surface area contributed by atoms with Gasteiger partial charge in [-0.15, -0.1) is 0 Å². The molecule has 0 spiro atoms. The number of aliphatic hydroxyl groups excluding tert-OH is 1. The fourth-order valence-electron chi connectivity index (χ4n) is 1.40. The molecule has 0 fully saturated rings. The first-order valence-electron chi connectivity index (χ1n) is 5.09. The number of hydrogen-bond donors (Lipinski definition) is 1. The van der Waals surface area contributed by atoms with Gasteiger partial charge in [0.05, 0.1) is 17.2 Å². The molecule has 17 heavy (non-hydrogen) atoms. The predicted octanol–water partition coefficient (Wildman–Crippen LogP) is 2.82. The Labute approximate surface area is 103 Å². The third-order valence-electron chi connectivity index (χ3n) is 2.19. The van der Waals surface area contributed by atoms with Gasteiger partial charge in [0.2, 0.25) is 0 Å². The lowest BCUT2D eigenvalue weighted by Gasteiger charge is -2.11. The van der Waals surface area contributed by atoms with Crippen molar-refractivity contribution in [2.45, 2.75) is 22.9 Å². The minimum absolute atomic E-state index is 0.362. The Morgan fingerprint density at radius 2 is 2.18 bits per heavy atom. The Morgan fingerprint density at radius 3 is 2.82 bits per heavy atom. The smallest absolute Gasteiger partial charge is 0.137 e. The Kier molecular flexibility index (Phi) is 3.71. The van der Waals surface area contributed by atoms with E-state index in [1.807, 2.05) is 0 Å². The number of aromatic nitrogens is 2. The van der Waals surface area contributed by atoms with Crippen LogP contribution in [0.5, 0.6) is 0 Å². The minimum Gasteiger partial charge on any atom is -0.389 e. The van der Waals surface area contributed by atoms with Gasteiger partial charge < -0.3 is 5.11 Å². The molecule has 88 valence electrons. The first-order chi connectivity index (χ1) is 8.18. The highest BCUT2D eigenvalue weighted by Gasteiger charge is 2.14. The summed E-state index contributed by atoms with van der Waals surface area (Å²) < 4.78 is 13.7. The molecular formula is C12H11FN2OS. The van der Waals surface area contributed by atoms with Crippen molar-refractivity contribution in [1.82, 2.24) is 9.97 Å². The first-order valence-corrected chi connectivity index (χ1v) is 5.90. The maximum atomic E-state index is 13.7. The van der Waals surface area contributed by atoms with Crippen LogP contribution in [-0.4, -0.2) is 15.1 Å². The fourth-order valence-corrected chi connectivity index (χ4v) is 2.36. The number of benzene rings is 1. The third-order valence-corrected chi connectivity index (χ3v) is 3.25. The Hall–Kier alpha value is -1.46. The van der Waals surface area contributed by atoms with E-state index in [1.54, 1.807) is 37.6 Å². The number of halogens is 1. The summed E-state index contributed by atoms with van der Waals surface area (Å²) in [6, 6.07) is 4.65. The molecule has 5 heteroatoms. The van der Waals surface area contributed by atoms with E-state index in [1.165, 1.54) is 6.07 Å². The van der Waals surface area contributed by atoms with Crippen molar-refractivity contribution in [2.24, 2.45) is 0 Å². The Morgan fingerprint density at radius 1 is 1.35 bits per heavy atom. The van der Waals surface area contributed by atoms with Gasteiger partial charge in [-0.2, -0.15) is 0 Å². The van der Waals surface area contributed by atoms with Crippen LogP contribution in [0, 0.1) is 5.82 Å². The third kappa shape index (κ3) is 2.81. The van der Waals surface area contributed by atoms with E-state index < -0.39 is 6.10 Å². The summed E-state index contributed by atoms with van der Waals surface area (Å²) in [5, 5.41) is 10.2. The molecule has 1 aromatic carbocycles. The van der Waals surface area contributed by atoms with Crippen LogP contribution in [0.25, 0.3) is 0 Å². The van der Waals surface area contributed by atoms with Gasteiger partial charge in [0.1, 0.15) is 10.8 Å². The van der Waals surface area contributed by atoms with E-state index in [4.69, 9.17) is 0 Å². The summed E-state index contributed by atoms with van der Waals surface area (Å²) in [6.07, 6.45) is 3.94. The van der Waals surface area contributed by atoms with Gasteiger partial charge in [0, 0.05) is 12.4 Å². The highest BCUT2D eigenvalue weighted by molar-refractivity contribution is 7.99. The van der Waals surface area contributed by atoms with Gasteiger partial charge in [-0.3, -0.25) is 4.98 Å². The lowest BCUT2D eigenvalue weighted by atomic mass is 10.1. The summed E-state index contributed by atoms with van der Waals surface area (Å²) in [6.45, 7) is 1.61. The SMILES string of the molecule is C[C@@H](O)c1cccc(F)c1Sc1cnccn1. The molecule has 0 saturated carbocycles. The molecule has 2 aromatic rings. The van der Waals surface area contributed by atoms with Gasteiger partial charge in [-0.1, -0.05) is 23.9 Å². The van der Waals surface area contributed by atoms with E-state index >= 15 is 0 Å². The van der Waals surface area contributed by atoms with Crippen LogP contribution < -0.4 is 0 Å². The standard InChI is InChI=1S/C12H11FN2OS/c1-8(16)9-3-2-4-10(13)12(9)17-11-7-14-5-6-15-11/h2-8,16H,1H3/t8-/m1/s1. The van der Waals surface area contributed by atoms with Gasteiger partial charge in [-0.05, 0) is 18.6 Å². The number of rotatable bonds is 3. The van der Waals surface area contributed by atoms with Crippen LogP contribution in [-0.2, 0) is 0 Å². The molecule has 0 saturated heterocycles. The van der Waals surface area contributed by atoms with E-state index in [2.05, 4.69) is 9.97 Å². The van der Waals surface area contributed by atoms with Crippen LogP contribution in [0.1, 0.15) is 18.6 Å². The molecule has 0 aliphatic rings. The zero-order valence-corrected chi connectivity index (χ0v) is 9.99. The monoisotopic (exact) mass is 250 g/mol. The molecule has 0 aliphatic carbocycles. The van der Waals surface area contributed by atoms with Crippen LogP contribution in [0.15, 0.2) is 46.7 Å². The van der Waals surface area contributed by atoms with Crippen molar-refractivity contribution in [3.8, 4) is 0 Å². The first kappa shape index (κ1) is 12.0. The molecule has 1 heterocycles. The zero-order valence-electron chi connectivity index (χ0n) is 9.17.